The van der Waals surface area contributed by atoms with Crippen LogP contribution in [-0.4, -0.2) is 38.9 Å². The van der Waals surface area contributed by atoms with Gasteiger partial charge in [0.1, 0.15) is 6.61 Å². The monoisotopic (exact) mass is 201 g/mol. The predicted molar refractivity (Wildman–Crippen MR) is 53.1 cm³/mol. The Labute approximate surface area is 85.0 Å². The molecule has 0 aromatic heterocycles. The second-order valence-corrected chi connectivity index (χ2v) is 3.56. The summed E-state index contributed by atoms with van der Waals surface area (Å²) in [5, 5.41) is 2.79. The first-order valence-corrected chi connectivity index (χ1v) is 5.20. The summed E-state index contributed by atoms with van der Waals surface area (Å²) in [4.78, 5) is 11.0. The maximum Gasteiger partial charge on any atom is 0.245 e. The maximum atomic E-state index is 11.0. The van der Waals surface area contributed by atoms with E-state index in [9.17, 15) is 4.79 Å². The lowest BCUT2D eigenvalue weighted by Gasteiger charge is -2.22. The Bertz CT molecular complexity index is 167. The van der Waals surface area contributed by atoms with Gasteiger partial charge in [-0.2, -0.15) is 0 Å². The number of hydrogen-bond donors (Lipinski definition) is 1. The summed E-state index contributed by atoms with van der Waals surface area (Å²) in [5.74, 6) is -0.0525. The summed E-state index contributed by atoms with van der Waals surface area (Å²) in [6.07, 6.45) is 4.80. The number of nitrogens with one attached hydrogen (secondary N) is 1. The minimum atomic E-state index is -0.0525. The van der Waals surface area contributed by atoms with Gasteiger partial charge in [0.25, 0.3) is 0 Å². The summed E-state index contributed by atoms with van der Waals surface area (Å²) in [5.41, 5.74) is 0. The normalized spacial score (nSPS) is 21.9. The molecule has 82 valence electrons. The third-order valence-corrected chi connectivity index (χ3v) is 2.34. The van der Waals surface area contributed by atoms with E-state index in [0.717, 1.165) is 19.4 Å². The Balaban J connectivity index is 1.99. The third kappa shape index (κ3) is 4.58. The lowest BCUT2D eigenvalue weighted by atomic mass is 10.1. The van der Waals surface area contributed by atoms with E-state index in [-0.39, 0.29) is 12.5 Å². The van der Waals surface area contributed by atoms with Gasteiger partial charge in [-0.15, -0.1) is 0 Å². The number of hydrogen-bond acceptors (Lipinski definition) is 3. The van der Waals surface area contributed by atoms with E-state index >= 15 is 0 Å². The van der Waals surface area contributed by atoms with Crippen LogP contribution in [0.4, 0.5) is 0 Å². The molecule has 1 amide bonds. The predicted octanol–water partition coefficient (Wildman–Crippen LogP) is 0.708. The fourth-order valence-electron chi connectivity index (χ4n) is 1.59. The van der Waals surface area contributed by atoms with Crippen LogP contribution < -0.4 is 5.32 Å². The molecule has 1 N–H and O–H groups in total. The van der Waals surface area contributed by atoms with Crippen molar-refractivity contribution in [1.29, 1.82) is 0 Å². The van der Waals surface area contributed by atoms with Gasteiger partial charge in [-0.1, -0.05) is 0 Å². The van der Waals surface area contributed by atoms with Crippen LogP contribution in [0.2, 0.25) is 0 Å². The molecule has 0 spiro atoms. The quantitative estimate of drug-likeness (QED) is 0.712. The first kappa shape index (κ1) is 11.5. The number of ether oxygens (including phenoxy) is 2. The molecule has 0 bridgehead atoms. The zero-order chi connectivity index (χ0) is 10.2. The first-order chi connectivity index (χ1) is 6.83. The summed E-state index contributed by atoms with van der Waals surface area (Å²) in [6.45, 7) is 1.70. The molecule has 4 heteroatoms. The van der Waals surface area contributed by atoms with E-state index in [1.54, 1.807) is 0 Å². The number of rotatable bonds is 5. The van der Waals surface area contributed by atoms with Crippen molar-refractivity contribution in [3.05, 3.63) is 0 Å². The highest BCUT2D eigenvalue weighted by molar-refractivity contribution is 5.77. The fourth-order valence-corrected chi connectivity index (χ4v) is 1.59. The summed E-state index contributed by atoms with van der Waals surface area (Å²) >= 11 is 0. The van der Waals surface area contributed by atoms with Gasteiger partial charge in [-0.3, -0.25) is 4.79 Å². The molecule has 1 aliphatic heterocycles. The molecule has 0 aliphatic carbocycles. The molecule has 1 aliphatic rings. The molecule has 1 saturated heterocycles. The standard InChI is InChI=1S/C10H19NO3/c1-13-8-10(12)11-6-5-9-4-2-3-7-14-9/h9H,2-8H2,1H3,(H,11,12). The molecule has 0 aromatic carbocycles. The zero-order valence-corrected chi connectivity index (χ0v) is 8.75. The summed E-state index contributed by atoms with van der Waals surface area (Å²) < 4.78 is 10.2. The Morgan fingerprint density at radius 3 is 3.07 bits per heavy atom. The van der Waals surface area contributed by atoms with E-state index in [0.29, 0.717) is 12.6 Å². The molecule has 1 unspecified atom stereocenters. The lowest BCUT2D eigenvalue weighted by molar-refractivity contribution is -0.124. The molecular formula is C10H19NO3. The van der Waals surface area contributed by atoms with Crippen LogP contribution in [0.25, 0.3) is 0 Å². The van der Waals surface area contributed by atoms with Crippen LogP contribution in [0.15, 0.2) is 0 Å². The Morgan fingerprint density at radius 1 is 1.57 bits per heavy atom. The zero-order valence-electron chi connectivity index (χ0n) is 8.75. The topological polar surface area (TPSA) is 47.6 Å². The number of amides is 1. The average molecular weight is 201 g/mol. The molecule has 4 nitrogen and oxygen atoms in total. The van der Waals surface area contributed by atoms with Crippen molar-refractivity contribution in [2.75, 3.05) is 26.9 Å². The molecule has 0 radical (unpaired) electrons. The first-order valence-electron chi connectivity index (χ1n) is 5.20. The largest absolute Gasteiger partial charge is 0.378 e. The van der Waals surface area contributed by atoms with Crippen molar-refractivity contribution in [1.82, 2.24) is 5.32 Å². The summed E-state index contributed by atoms with van der Waals surface area (Å²) in [7, 11) is 1.52. The highest BCUT2D eigenvalue weighted by Crippen LogP contribution is 2.14. The Kier molecular flexibility index (Phi) is 5.56. The lowest BCUT2D eigenvalue weighted by Crippen LogP contribution is -2.31. The van der Waals surface area contributed by atoms with Gasteiger partial charge in [0.05, 0.1) is 6.10 Å². The van der Waals surface area contributed by atoms with Crippen molar-refractivity contribution in [2.24, 2.45) is 0 Å². The third-order valence-electron chi connectivity index (χ3n) is 2.34. The van der Waals surface area contributed by atoms with Gasteiger partial charge < -0.3 is 14.8 Å². The minimum Gasteiger partial charge on any atom is -0.378 e. The van der Waals surface area contributed by atoms with Crippen LogP contribution in [-0.2, 0) is 14.3 Å². The average Bonchev–Trinajstić information content (AvgIpc) is 2.20. The van der Waals surface area contributed by atoms with Crippen molar-refractivity contribution in [3.63, 3.8) is 0 Å². The second-order valence-electron chi connectivity index (χ2n) is 3.56. The van der Waals surface area contributed by atoms with Gasteiger partial charge in [-0.05, 0) is 25.7 Å². The van der Waals surface area contributed by atoms with Gasteiger partial charge in [0.2, 0.25) is 5.91 Å². The van der Waals surface area contributed by atoms with E-state index in [4.69, 9.17) is 9.47 Å². The number of methoxy groups -OCH3 is 1. The van der Waals surface area contributed by atoms with Crippen LogP contribution in [0.5, 0.6) is 0 Å². The van der Waals surface area contributed by atoms with Gasteiger partial charge in [0, 0.05) is 20.3 Å². The second kappa shape index (κ2) is 6.79. The number of carbonyl (C=O) groups excluding carboxylic acids is 1. The van der Waals surface area contributed by atoms with Crippen molar-refractivity contribution >= 4 is 5.91 Å². The molecule has 14 heavy (non-hydrogen) atoms. The number of carbonyl (C=O) groups is 1. The molecular weight excluding hydrogens is 182 g/mol. The van der Waals surface area contributed by atoms with Crippen molar-refractivity contribution < 1.29 is 14.3 Å². The fraction of sp³-hybridized carbons (Fsp3) is 0.900. The highest BCUT2D eigenvalue weighted by atomic mass is 16.5. The molecule has 0 aromatic rings. The van der Waals surface area contributed by atoms with Crippen LogP contribution in [0.1, 0.15) is 25.7 Å². The van der Waals surface area contributed by atoms with Crippen LogP contribution in [0.3, 0.4) is 0 Å². The summed E-state index contributed by atoms with van der Waals surface area (Å²) in [6, 6.07) is 0. The van der Waals surface area contributed by atoms with Gasteiger partial charge in [-0.25, -0.2) is 0 Å². The molecule has 1 fully saturated rings. The highest BCUT2D eigenvalue weighted by Gasteiger charge is 2.13. The van der Waals surface area contributed by atoms with E-state index in [2.05, 4.69) is 5.32 Å². The van der Waals surface area contributed by atoms with Crippen LogP contribution >= 0.6 is 0 Å². The molecule has 1 heterocycles. The van der Waals surface area contributed by atoms with Gasteiger partial charge >= 0.3 is 0 Å². The van der Waals surface area contributed by atoms with Crippen molar-refractivity contribution in [2.45, 2.75) is 31.8 Å². The van der Waals surface area contributed by atoms with Crippen LogP contribution in [0, 0.1) is 0 Å². The van der Waals surface area contributed by atoms with Gasteiger partial charge in [0.15, 0.2) is 0 Å². The Hall–Kier alpha value is -0.610. The molecule has 1 rings (SSSR count). The Morgan fingerprint density at radius 2 is 2.43 bits per heavy atom. The molecule has 1 atom stereocenters. The van der Waals surface area contributed by atoms with E-state index in [1.165, 1.54) is 20.0 Å². The van der Waals surface area contributed by atoms with Crippen molar-refractivity contribution in [3.8, 4) is 0 Å². The maximum absolute atomic E-state index is 11.0. The molecule has 0 saturated carbocycles. The smallest absolute Gasteiger partial charge is 0.245 e. The SMILES string of the molecule is COCC(=O)NCCC1CCCCO1. The minimum absolute atomic E-state index is 0.0525. The van der Waals surface area contributed by atoms with E-state index in [1.807, 2.05) is 0 Å². The van der Waals surface area contributed by atoms with E-state index < -0.39 is 0 Å².